The van der Waals surface area contributed by atoms with Crippen LogP contribution in [0.3, 0.4) is 0 Å². The molecule has 0 atom stereocenters. The second kappa shape index (κ2) is 4.50. The molecule has 2 aromatic rings. The molecule has 0 unspecified atom stereocenters. The maximum atomic E-state index is 9.24. The van der Waals surface area contributed by atoms with Gasteiger partial charge in [-0.1, -0.05) is 30.3 Å². The highest BCUT2D eigenvalue weighted by Crippen LogP contribution is 2.26. The summed E-state index contributed by atoms with van der Waals surface area (Å²) in [5.74, 6) is 0.285. The molecule has 0 aliphatic heterocycles. The molecule has 2 aromatic carbocycles. The number of benzene rings is 2. The van der Waals surface area contributed by atoms with Gasteiger partial charge in [-0.05, 0) is 43.7 Å². The second-order valence-corrected chi connectivity index (χ2v) is 4.66. The molecule has 2 heteroatoms. The number of nitrogens with one attached hydrogen (secondary N) is 1. The zero-order chi connectivity index (χ0) is 12.3. The van der Waals surface area contributed by atoms with Crippen LogP contribution >= 0.6 is 0 Å². The summed E-state index contributed by atoms with van der Waals surface area (Å²) in [6, 6.07) is 17.4. The van der Waals surface area contributed by atoms with Gasteiger partial charge in [0.25, 0.3) is 0 Å². The smallest absolute Gasteiger partial charge is 0.115 e. The summed E-state index contributed by atoms with van der Waals surface area (Å²) in [5, 5.41) is 12.7. The van der Waals surface area contributed by atoms with Gasteiger partial charge in [-0.25, -0.2) is 0 Å². The molecule has 0 aliphatic rings. The summed E-state index contributed by atoms with van der Waals surface area (Å²) >= 11 is 0. The first-order valence-electron chi connectivity index (χ1n) is 5.71. The average molecular weight is 227 g/mol. The van der Waals surface area contributed by atoms with Crippen LogP contribution in [-0.2, 0) is 5.54 Å². The fraction of sp³-hybridized carbons (Fsp3) is 0.200. The summed E-state index contributed by atoms with van der Waals surface area (Å²) < 4.78 is 0. The van der Waals surface area contributed by atoms with Crippen molar-refractivity contribution in [2.75, 3.05) is 5.32 Å². The van der Waals surface area contributed by atoms with Gasteiger partial charge in [0.2, 0.25) is 0 Å². The van der Waals surface area contributed by atoms with E-state index < -0.39 is 0 Å². The molecule has 2 nitrogen and oxygen atoms in total. The zero-order valence-electron chi connectivity index (χ0n) is 10.1. The Labute approximate surface area is 102 Å². The highest BCUT2D eigenvalue weighted by atomic mass is 16.3. The number of hydrogen-bond donors (Lipinski definition) is 2. The van der Waals surface area contributed by atoms with Gasteiger partial charge in [0.05, 0.1) is 5.54 Å². The highest BCUT2D eigenvalue weighted by Gasteiger charge is 2.19. The van der Waals surface area contributed by atoms with Crippen molar-refractivity contribution in [3.05, 3.63) is 60.2 Å². The van der Waals surface area contributed by atoms with Crippen LogP contribution in [0, 0.1) is 0 Å². The maximum absolute atomic E-state index is 9.24. The normalized spacial score (nSPS) is 11.2. The topological polar surface area (TPSA) is 32.3 Å². The van der Waals surface area contributed by atoms with Crippen molar-refractivity contribution < 1.29 is 5.11 Å². The van der Waals surface area contributed by atoms with Gasteiger partial charge in [-0.15, -0.1) is 0 Å². The van der Waals surface area contributed by atoms with Gasteiger partial charge < -0.3 is 10.4 Å². The monoisotopic (exact) mass is 227 g/mol. The summed E-state index contributed by atoms with van der Waals surface area (Å²) in [5.41, 5.74) is 2.09. The Balaban J connectivity index is 2.20. The van der Waals surface area contributed by atoms with Crippen LogP contribution in [0.2, 0.25) is 0 Å². The van der Waals surface area contributed by atoms with Gasteiger partial charge in [0, 0.05) is 5.69 Å². The zero-order valence-corrected chi connectivity index (χ0v) is 10.1. The van der Waals surface area contributed by atoms with Crippen molar-refractivity contribution in [1.82, 2.24) is 0 Å². The molecule has 0 amide bonds. The van der Waals surface area contributed by atoms with E-state index in [0.717, 1.165) is 5.69 Å². The van der Waals surface area contributed by atoms with Crippen LogP contribution in [-0.4, -0.2) is 5.11 Å². The van der Waals surface area contributed by atoms with Gasteiger partial charge in [-0.3, -0.25) is 0 Å². The fourth-order valence-corrected chi connectivity index (χ4v) is 1.83. The van der Waals surface area contributed by atoms with Gasteiger partial charge in [-0.2, -0.15) is 0 Å². The predicted molar refractivity (Wildman–Crippen MR) is 71.2 cm³/mol. The Morgan fingerprint density at radius 3 is 2.06 bits per heavy atom. The van der Waals surface area contributed by atoms with E-state index in [1.807, 2.05) is 30.3 Å². The number of anilines is 1. The molecule has 0 saturated heterocycles. The Morgan fingerprint density at radius 2 is 1.47 bits per heavy atom. The number of phenols is 1. The van der Waals surface area contributed by atoms with Crippen molar-refractivity contribution in [3.8, 4) is 5.75 Å². The van der Waals surface area contributed by atoms with Crippen molar-refractivity contribution in [1.29, 1.82) is 0 Å². The van der Waals surface area contributed by atoms with Gasteiger partial charge in [0.15, 0.2) is 0 Å². The van der Waals surface area contributed by atoms with Crippen molar-refractivity contribution >= 4 is 5.69 Å². The molecular formula is C15H17NO. The van der Waals surface area contributed by atoms with Crippen molar-refractivity contribution in [2.24, 2.45) is 0 Å². The van der Waals surface area contributed by atoms with E-state index in [2.05, 4.69) is 31.3 Å². The maximum Gasteiger partial charge on any atom is 0.115 e. The molecule has 0 bridgehead atoms. The van der Waals surface area contributed by atoms with E-state index in [-0.39, 0.29) is 11.3 Å². The van der Waals surface area contributed by atoms with Crippen LogP contribution in [0.15, 0.2) is 54.6 Å². The van der Waals surface area contributed by atoms with Crippen LogP contribution in [0.4, 0.5) is 5.69 Å². The minimum atomic E-state index is -0.141. The third-order valence-corrected chi connectivity index (χ3v) is 2.82. The van der Waals surface area contributed by atoms with Crippen LogP contribution < -0.4 is 5.32 Å². The van der Waals surface area contributed by atoms with Gasteiger partial charge >= 0.3 is 0 Å². The Kier molecular flexibility index (Phi) is 3.05. The van der Waals surface area contributed by atoms with E-state index in [4.69, 9.17) is 0 Å². The fourth-order valence-electron chi connectivity index (χ4n) is 1.83. The third-order valence-electron chi connectivity index (χ3n) is 2.82. The minimum Gasteiger partial charge on any atom is -0.508 e. The summed E-state index contributed by atoms with van der Waals surface area (Å²) in [4.78, 5) is 0. The Hall–Kier alpha value is -1.96. The lowest BCUT2D eigenvalue weighted by atomic mass is 9.94. The van der Waals surface area contributed by atoms with E-state index in [9.17, 15) is 5.11 Å². The van der Waals surface area contributed by atoms with Crippen LogP contribution in [0.25, 0.3) is 0 Å². The molecule has 2 rings (SSSR count). The molecule has 2 N–H and O–H groups in total. The molecule has 0 spiro atoms. The predicted octanol–water partition coefficient (Wildman–Crippen LogP) is 3.74. The first kappa shape index (κ1) is 11.5. The minimum absolute atomic E-state index is 0.141. The van der Waals surface area contributed by atoms with E-state index in [1.54, 1.807) is 12.1 Å². The Morgan fingerprint density at radius 1 is 0.882 bits per heavy atom. The molecule has 0 heterocycles. The number of phenolic OH excluding ortho intramolecular Hbond substituents is 1. The lowest BCUT2D eigenvalue weighted by Crippen LogP contribution is -2.27. The molecule has 88 valence electrons. The summed E-state index contributed by atoms with van der Waals surface area (Å²) in [6.07, 6.45) is 0. The van der Waals surface area contributed by atoms with Gasteiger partial charge in [0.1, 0.15) is 5.75 Å². The first-order valence-corrected chi connectivity index (χ1v) is 5.71. The van der Waals surface area contributed by atoms with Crippen molar-refractivity contribution in [3.63, 3.8) is 0 Å². The Bertz CT molecular complexity index is 474. The second-order valence-electron chi connectivity index (χ2n) is 4.66. The SMILES string of the molecule is CC(C)(Nc1ccc(O)cc1)c1ccccc1. The number of rotatable bonds is 3. The molecular weight excluding hydrogens is 210 g/mol. The first-order chi connectivity index (χ1) is 8.08. The quantitative estimate of drug-likeness (QED) is 0.783. The summed E-state index contributed by atoms with van der Waals surface area (Å²) in [7, 11) is 0. The van der Waals surface area contributed by atoms with E-state index >= 15 is 0 Å². The van der Waals surface area contributed by atoms with E-state index in [0.29, 0.717) is 0 Å². The van der Waals surface area contributed by atoms with Crippen LogP contribution in [0.1, 0.15) is 19.4 Å². The average Bonchev–Trinajstić information content (AvgIpc) is 2.33. The van der Waals surface area contributed by atoms with Crippen molar-refractivity contribution in [2.45, 2.75) is 19.4 Å². The van der Waals surface area contributed by atoms with Crippen LogP contribution in [0.5, 0.6) is 5.75 Å². The number of aromatic hydroxyl groups is 1. The number of hydrogen-bond acceptors (Lipinski definition) is 2. The molecule has 0 saturated carbocycles. The molecule has 0 radical (unpaired) electrons. The highest BCUT2D eigenvalue weighted by molar-refractivity contribution is 5.49. The molecule has 17 heavy (non-hydrogen) atoms. The lowest BCUT2D eigenvalue weighted by Gasteiger charge is -2.28. The molecule has 0 fully saturated rings. The lowest BCUT2D eigenvalue weighted by molar-refractivity contribution is 0.475. The molecule has 0 aromatic heterocycles. The standard InChI is InChI=1S/C15H17NO/c1-15(2,12-6-4-3-5-7-12)16-13-8-10-14(17)11-9-13/h3-11,16-17H,1-2H3. The molecule has 0 aliphatic carbocycles. The summed E-state index contributed by atoms with van der Waals surface area (Å²) in [6.45, 7) is 4.27. The van der Waals surface area contributed by atoms with E-state index in [1.165, 1.54) is 5.56 Å². The largest absolute Gasteiger partial charge is 0.508 e. The third kappa shape index (κ3) is 2.78.